The van der Waals surface area contributed by atoms with E-state index in [1.54, 1.807) is 39.0 Å². The van der Waals surface area contributed by atoms with Gasteiger partial charge in [0.15, 0.2) is 6.10 Å². The van der Waals surface area contributed by atoms with Crippen LogP contribution in [0.2, 0.25) is 5.02 Å². The molecular weight excluding hydrogens is 457 g/mol. The molecule has 1 rings (SSSR count). The second-order valence-corrected chi connectivity index (χ2v) is 8.06. The van der Waals surface area contributed by atoms with Gasteiger partial charge in [0.05, 0.1) is 0 Å². The number of nitrogens with one attached hydrogen (secondary N) is 1. The van der Waals surface area contributed by atoms with Gasteiger partial charge < -0.3 is 14.8 Å². The molecule has 0 unspecified atom stereocenters. The van der Waals surface area contributed by atoms with Crippen LogP contribution in [0.4, 0.5) is 5.69 Å². The zero-order valence-corrected chi connectivity index (χ0v) is 17.7. The van der Waals surface area contributed by atoms with E-state index in [9.17, 15) is 9.59 Å². The molecule has 0 aliphatic rings. The molecule has 0 aliphatic heterocycles. The smallest absolute Gasteiger partial charge is 0.347 e. The van der Waals surface area contributed by atoms with E-state index in [0.29, 0.717) is 17.1 Å². The van der Waals surface area contributed by atoms with E-state index in [1.165, 1.54) is 6.92 Å². The van der Waals surface area contributed by atoms with E-state index in [1.807, 2.05) is 6.07 Å². The molecule has 1 N–H and O–H groups in total. The number of rotatable bonds is 7. The first kappa shape index (κ1) is 21.8. The molecule has 0 bridgehead atoms. The number of benzene rings is 1. The van der Waals surface area contributed by atoms with Gasteiger partial charge in [0.25, 0.3) is 0 Å². The normalized spacial score (nSPS) is 13.5. The summed E-state index contributed by atoms with van der Waals surface area (Å²) in [5, 5.41) is 3.64. The lowest BCUT2D eigenvalue weighted by molar-refractivity contribution is -0.174. The monoisotopic (exact) mass is 479 g/mol. The van der Waals surface area contributed by atoms with Crippen molar-refractivity contribution in [3.8, 4) is 0 Å². The molecule has 0 aliphatic carbocycles. The van der Waals surface area contributed by atoms with Crippen LogP contribution in [0.15, 0.2) is 30.9 Å². The van der Waals surface area contributed by atoms with Crippen LogP contribution < -0.4 is 5.32 Å². The van der Waals surface area contributed by atoms with Crippen molar-refractivity contribution in [2.75, 3.05) is 5.32 Å². The van der Waals surface area contributed by atoms with Crippen molar-refractivity contribution in [3.05, 3.63) is 39.4 Å². The van der Waals surface area contributed by atoms with Crippen LogP contribution in [-0.2, 0) is 19.1 Å². The van der Waals surface area contributed by atoms with Crippen molar-refractivity contribution in [1.82, 2.24) is 0 Å². The highest BCUT2D eigenvalue weighted by Gasteiger charge is 2.28. The van der Waals surface area contributed by atoms with Crippen molar-refractivity contribution >= 4 is 51.8 Å². The lowest BCUT2D eigenvalue weighted by atomic mass is 10.2. The van der Waals surface area contributed by atoms with Crippen LogP contribution in [-0.4, -0.2) is 29.7 Å². The van der Waals surface area contributed by atoms with Gasteiger partial charge in [-0.1, -0.05) is 17.7 Å². The van der Waals surface area contributed by atoms with Gasteiger partial charge >= 0.3 is 11.9 Å². The zero-order valence-electron chi connectivity index (χ0n) is 14.8. The van der Waals surface area contributed by atoms with E-state index in [0.717, 1.165) is 3.57 Å². The van der Waals surface area contributed by atoms with Crippen LogP contribution in [0.5, 0.6) is 0 Å². The average molecular weight is 480 g/mol. The van der Waals surface area contributed by atoms with Gasteiger partial charge in [-0.05, 0) is 74.9 Å². The van der Waals surface area contributed by atoms with E-state index < -0.39 is 29.7 Å². The van der Waals surface area contributed by atoms with Crippen molar-refractivity contribution in [1.29, 1.82) is 0 Å². The third-order valence-electron chi connectivity index (χ3n) is 2.98. The van der Waals surface area contributed by atoms with Crippen molar-refractivity contribution < 1.29 is 19.1 Å². The standard InChI is InChI=1S/C18H23ClINO4/c1-6-7-14(21-15-10-12(19)8-9-13(15)20)17(23)24-11(2)16(22)25-18(3,4)5/h6,8-11,14,21H,1,7H2,2-5H3/t11-,14-/m1/s1. The summed E-state index contributed by atoms with van der Waals surface area (Å²) >= 11 is 8.14. The largest absolute Gasteiger partial charge is 0.457 e. The maximum Gasteiger partial charge on any atom is 0.347 e. The third kappa shape index (κ3) is 7.64. The van der Waals surface area contributed by atoms with Crippen LogP contribution >= 0.6 is 34.2 Å². The van der Waals surface area contributed by atoms with Crippen LogP contribution in [0, 0.1) is 3.57 Å². The average Bonchev–Trinajstić information content (AvgIpc) is 2.48. The molecule has 25 heavy (non-hydrogen) atoms. The highest BCUT2D eigenvalue weighted by Crippen LogP contribution is 2.24. The lowest BCUT2D eigenvalue weighted by Gasteiger charge is -2.24. The molecule has 0 heterocycles. The Hall–Kier alpha value is -1.28. The highest BCUT2D eigenvalue weighted by atomic mass is 127. The van der Waals surface area contributed by atoms with E-state index in [-0.39, 0.29) is 0 Å². The fourth-order valence-electron chi connectivity index (χ4n) is 1.87. The summed E-state index contributed by atoms with van der Waals surface area (Å²) in [7, 11) is 0. The number of anilines is 1. The minimum Gasteiger partial charge on any atom is -0.457 e. The van der Waals surface area contributed by atoms with Gasteiger partial charge in [-0.25, -0.2) is 9.59 Å². The molecule has 1 aromatic rings. The first-order valence-electron chi connectivity index (χ1n) is 7.79. The predicted molar refractivity (Wildman–Crippen MR) is 108 cm³/mol. The van der Waals surface area contributed by atoms with Gasteiger partial charge in [-0.15, -0.1) is 6.58 Å². The predicted octanol–water partition coefficient (Wildman–Crippen LogP) is 4.57. The highest BCUT2D eigenvalue weighted by molar-refractivity contribution is 14.1. The summed E-state index contributed by atoms with van der Waals surface area (Å²) < 4.78 is 11.4. The molecule has 138 valence electrons. The van der Waals surface area contributed by atoms with Crippen molar-refractivity contribution in [2.24, 2.45) is 0 Å². The minimum absolute atomic E-state index is 0.336. The molecule has 7 heteroatoms. The molecule has 0 spiro atoms. The second-order valence-electron chi connectivity index (χ2n) is 6.46. The lowest BCUT2D eigenvalue weighted by Crippen LogP contribution is -2.38. The summed E-state index contributed by atoms with van der Waals surface area (Å²) in [6, 6.07) is 4.64. The summed E-state index contributed by atoms with van der Waals surface area (Å²) in [5.41, 5.74) is 0.0646. The number of esters is 2. The molecule has 5 nitrogen and oxygen atoms in total. The molecule has 0 amide bonds. The fourth-order valence-corrected chi connectivity index (χ4v) is 2.53. The minimum atomic E-state index is -1.00. The Kier molecular flexibility index (Phi) is 8.21. The molecular formula is C18H23ClINO4. The Bertz CT molecular complexity index is 642. The molecule has 2 atom stereocenters. The number of hydrogen-bond donors (Lipinski definition) is 1. The summed E-state index contributed by atoms with van der Waals surface area (Å²) in [4.78, 5) is 24.4. The Morgan fingerprint density at radius 3 is 2.56 bits per heavy atom. The topological polar surface area (TPSA) is 64.6 Å². The molecule has 0 radical (unpaired) electrons. The second kappa shape index (κ2) is 9.43. The fraction of sp³-hybridized carbons (Fsp3) is 0.444. The summed E-state index contributed by atoms with van der Waals surface area (Å²) in [6.07, 6.45) is 0.941. The molecule has 0 saturated heterocycles. The first-order valence-corrected chi connectivity index (χ1v) is 9.25. The number of hydrogen-bond acceptors (Lipinski definition) is 5. The first-order chi connectivity index (χ1) is 11.5. The zero-order chi connectivity index (χ0) is 19.2. The summed E-state index contributed by atoms with van der Waals surface area (Å²) in [6.45, 7) is 10.4. The number of carbonyl (C=O) groups excluding carboxylic acids is 2. The van der Waals surface area contributed by atoms with Gasteiger partial charge in [0, 0.05) is 14.3 Å². The Morgan fingerprint density at radius 2 is 2.00 bits per heavy atom. The van der Waals surface area contributed by atoms with Crippen molar-refractivity contribution in [2.45, 2.75) is 51.9 Å². The molecule has 0 aromatic heterocycles. The van der Waals surface area contributed by atoms with E-state index in [4.69, 9.17) is 21.1 Å². The number of halogens is 2. The van der Waals surface area contributed by atoms with Gasteiger partial charge in [0.1, 0.15) is 11.6 Å². The van der Waals surface area contributed by atoms with Gasteiger partial charge in [-0.3, -0.25) is 0 Å². The quantitative estimate of drug-likeness (QED) is 0.352. The third-order valence-corrected chi connectivity index (χ3v) is 4.15. The summed E-state index contributed by atoms with van der Waals surface area (Å²) in [5.74, 6) is -1.15. The van der Waals surface area contributed by atoms with Gasteiger partial charge in [-0.2, -0.15) is 0 Å². The molecule has 0 saturated carbocycles. The van der Waals surface area contributed by atoms with E-state index in [2.05, 4.69) is 34.5 Å². The maximum absolute atomic E-state index is 12.4. The Labute approximate surface area is 167 Å². The SMILES string of the molecule is C=CC[C@@H](Nc1cc(Cl)ccc1I)C(=O)O[C@H](C)C(=O)OC(C)(C)C. The number of carbonyl (C=O) groups is 2. The van der Waals surface area contributed by atoms with Crippen LogP contribution in [0.25, 0.3) is 0 Å². The molecule has 1 aromatic carbocycles. The van der Waals surface area contributed by atoms with Gasteiger partial charge in [0.2, 0.25) is 0 Å². The number of ether oxygens (including phenoxy) is 2. The van der Waals surface area contributed by atoms with Crippen molar-refractivity contribution in [3.63, 3.8) is 0 Å². The Balaban J connectivity index is 2.81. The Morgan fingerprint density at radius 1 is 1.36 bits per heavy atom. The van der Waals surface area contributed by atoms with Crippen LogP contribution in [0.3, 0.4) is 0 Å². The van der Waals surface area contributed by atoms with Crippen LogP contribution in [0.1, 0.15) is 34.1 Å². The van der Waals surface area contributed by atoms with E-state index >= 15 is 0 Å². The molecule has 0 fully saturated rings. The maximum atomic E-state index is 12.4.